The lowest BCUT2D eigenvalue weighted by atomic mass is 9.98. The molecule has 0 spiro atoms. The molecule has 0 saturated carbocycles. The van der Waals surface area contributed by atoms with Crippen LogP contribution in [0.3, 0.4) is 0 Å². The van der Waals surface area contributed by atoms with Crippen LogP contribution in [0.5, 0.6) is 0 Å². The third kappa shape index (κ3) is 6.06. The average molecular weight is 299 g/mol. The number of nitrogens with zero attached hydrogens (tertiary/aromatic N) is 3. The van der Waals surface area contributed by atoms with E-state index in [1.165, 1.54) is 6.42 Å². The van der Waals surface area contributed by atoms with Gasteiger partial charge in [-0.2, -0.15) is 0 Å². The lowest BCUT2D eigenvalue weighted by Crippen LogP contribution is -2.33. The highest BCUT2D eigenvalue weighted by Crippen LogP contribution is 2.20. The minimum atomic E-state index is -0.00270. The summed E-state index contributed by atoms with van der Waals surface area (Å²) in [4.78, 5) is 10.8. The number of nitrogens with one attached hydrogen (secondary N) is 1. The van der Waals surface area contributed by atoms with Crippen LogP contribution in [0.4, 0.5) is 5.82 Å². The summed E-state index contributed by atoms with van der Waals surface area (Å²) in [5.41, 5.74) is 0.878. The van der Waals surface area contributed by atoms with Gasteiger partial charge in [-0.25, -0.2) is 9.97 Å². The zero-order chi connectivity index (χ0) is 15.2. The number of aryl methyl sites for hydroxylation is 1. The van der Waals surface area contributed by atoms with E-state index in [9.17, 15) is 0 Å². The normalized spacial score (nSPS) is 11.9. The van der Waals surface area contributed by atoms with Crippen molar-refractivity contribution in [2.24, 2.45) is 0 Å². The Morgan fingerprint density at radius 1 is 1.25 bits per heavy atom. The van der Waals surface area contributed by atoms with Gasteiger partial charge in [-0.05, 0) is 64.8 Å². The summed E-state index contributed by atoms with van der Waals surface area (Å²) in [5, 5.41) is 3.75. The summed E-state index contributed by atoms with van der Waals surface area (Å²) in [5.74, 6) is 0.801. The van der Waals surface area contributed by atoms with Crippen LogP contribution >= 0.6 is 11.6 Å². The Morgan fingerprint density at radius 2 is 1.90 bits per heavy atom. The van der Waals surface area contributed by atoms with Gasteiger partial charge in [-0.1, -0.05) is 13.8 Å². The van der Waals surface area contributed by atoms with Crippen LogP contribution in [0.2, 0.25) is 5.28 Å². The van der Waals surface area contributed by atoms with Crippen LogP contribution in [0.25, 0.3) is 0 Å². The summed E-state index contributed by atoms with van der Waals surface area (Å²) in [6.07, 6.45) is 2.25. The highest BCUT2D eigenvalue weighted by molar-refractivity contribution is 6.28. The largest absolute Gasteiger partial charge is 0.365 e. The lowest BCUT2D eigenvalue weighted by Gasteiger charge is -2.28. The van der Waals surface area contributed by atoms with Crippen molar-refractivity contribution in [3.63, 3.8) is 0 Å². The van der Waals surface area contributed by atoms with Crippen molar-refractivity contribution in [3.05, 3.63) is 17.0 Å². The second-order valence-electron chi connectivity index (χ2n) is 5.80. The Hall–Kier alpha value is -0.870. The van der Waals surface area contributed by atoms with Crippen LogP contribution in [0.1, 0.15) is 46.2 Å². The molecule has 4 nitrogen and oxygen atoms in total. The van der Waals surface area contributed by atoms with Gasteiger partial charge in [0.25, 0.3) is 0 Å². The zero-order valence-electron chi connectivity index (χ0n) is 13.3. The quantitative estimate of drug-likeness (QED) is 0.742. The first-order valence-electron chi connectivity index (χ1n) is 7.38. The third-order valence-electron chi connectivity index (χ3n) is 3.46. The van der Waals surface area contributed by atoms with Crippen molar-refractivity contribution in [2.75, 3.05) is 25.0 Å². The second kappa shape index (κ2) is 7.79. The van der Waals surface area contributed by atoms with Crippen molar-refractivity contribution in [1.82, 2.24) is 14.9 Å². The summed E-state index contributed by atoms with van der Waals surface area (Å²) >= 11 is 5.89. The lowest BCUT2D eigenvalue weighted by molar-refractivity contribution is 0.287. The van der Waals surface area contributed by atoms with Gasteiger partial charge in [-0.15, -0.1) is 0 Å². The van der Waals surface area contributed by atoms with Crippen molar-refractivity contribution in [3.8, 4) is 0 Å². The maximum Gasteiger partial charge on any atom is 0.224 e. The number of anilines is 1. The Bertz CT molecular complexity index is 396. The molecule has 1 aromatic rings. The van der Waals surface area contributed by atoms with E-state index in [0.29, 0.717) is 5.28 Å². The number of hydrogen-bond acceptors (Lipinski definition) is 4. The van der Waals surface area contributed by atoms with Gasteiger partial charge in [0.1, 0.15) is 5.82 Å². The van der Waals surface area contributed by atoms with Gasteiger partial charge in [0.15, 0.2) is 0 Å². The minimum absolute atomic E-state index is 0.00270. The van der Waals surface area contributed by atoms with Gasteiger partial charge >= 0.3 is 0 Å². The van der Waals surface area contributed by atoms with E-state index in [2.05, 4.69) is 47.9 Å². The fourth-order valence-corrected chi connectivity index (χ4v) is 2.51. The Balaban J connectivity index is 2.52. The molecule has 0 bridgehead atoms. The molecule has 1 heterocycles. The highest BCUT2D eigenvalue weighted by atomic mass is 35.5. The second-order valence-corrected chi connectivity index (χ2v) is 6.14. The molecular formula is C15H27ClN4. The highest BCUT2D eigenvalue weighted by Gasteiger charge is 2.18. The molecule has 0 atom stereocenters. The van der Waals surface area contributed by atoms with Crippen LogP contribution in [-0.2, 0) is 0 Å². The molecule has 1 aromatic heterocycles. The SMILES string of the molecule is CCN(CC)CCCC(C)(C)Nc1cc(C)nc(Cl)n1. The van der Waals surface area contributed by atoms with Gasteiger partial charge in [0.2, 0.25) is 5.28 Å². The molecule has 0 radical (unpaired) electrons. The molecule has 114 valence electrons. The first-order valence-corrected chi connectivity index (χ1v) is 7.76. The monoisotopic (exact) mass is 298 g/mol. The van der Waals surface area contributed by atoms with E-state index < -0.39 is 0 Å². The van der Waals surface area contributed by atoms with Crippen LogP contribution in [-0.4, -0.2) is 40.0 Å². The van der Waals surface area contributed by atoms with E-state index in [1.54, 1.807) is 0 Å². The van der Waals surface area contributed by atoms with Crippen LogP contribution in [0, 0.1) is 6.92 Å². The first kappa shape index (κ1) is 17.2. The maximum absolute atomic E-state index is 5.89. The summed E-state index contributed by atoms with van der Waals surface area (Å²) in [7, 11) is 0. The molecule has 0 unspecified atom stereocenters. The summed E-state index contributed by atoms with van der Waals surface area (Å²) < 4.78 is 0. The van der Waals surface area contributed by atoms with Crippen molar-refractivity contribution in [1.29, 1.82) is 0 Å². The molecule has 0 aliphatic rings. The molecule has 0 amide bonds. The molecule has 20 heavy (non-hydrogen) atoms. The van der Waals surface area contributed by atoms with E-state index >= 15 is 0 Å². The van der Waals surface area contributed by atoms with Crippen molar-refractivity contribution >= 4 is 17.4 Å². The van der Waals surface area contributed by atoms with E-state index in [-0.39, 0.29) is 5.54 Å². The number of rotatable bonds is 8. The van der Waals surface area contributed by atoms with E-state index in [1.807, 2.05) is 13.0 Å². The van der Waals surface area contributed by atoms with Gasteiger partial charge < -0.3 is 10.2 Å². The number of aromatic nitrogens is 2. The first-order chi connectivity index (χ1) is 9.36. The Morgan fingerprint density at radius 3 is 2.45 bits per heavy atom. The summed E-state index contributed by atoms with van der Waals surface area (Å²) in [6.45, 7) is 14.1. The summed E-state index contributed by atoms with van der Waals surface area (Å²) in [6, 6.07) is 1.93. The predicted molar refractivity (Wildman–Crippen MR) is 86.5 cm³/mol. The fourth-order valence-electron chi connectivity index (χ4n) is 2.29. The molecule has 1 rings (SSSR count). The average Bonchev–Trinajstić information content (AvgIpc) is 2.32. The van der Waals surface area contributed by atoms with E-state index in [0.717, 1.165) is 37.6 Å². The van der Waals surface area contributed by atoms with E-state index in [4.69, 9.17) is 11.6 Å². The molecule has 0 aliphatic heterocycles. The van der Waals surface area contributed by atoms with Crippen LogP contribution < -0.4 is 5.32 Å². The van der Waals surface area contributed by atoms with Gasteiger partial charge in [0, 0.05) is 17.3 Å². The van der Waals surface area contributed by atoms with Gasteiger partial charge in [0.05, 0.1) is 0 Å². The Kier molecular flexibility index (Phi) is 6.69. The standard InChI is InChI=1S/C15H27ClN4/c1-6-20(7-2)10-8-9-15(4,5)19-13-11-12(3)17-14(16)18-13/h11H,6-10H2,1-5H3,(H,17,18,19). The molecule has 5 heteroatoms. The predicted octanol–water partition coefficient (Wildman–Crippen LogP) is 3.75. The molecule has 0 aliphatic carbocycles. The molecule has 1 N–H and O–H groups in total. The Labute approximate surface area is 127 Å². The number of hydrogen-bond donors (Lipinski definition) is 1. The topological polar surface area (TPSA) is 41.0 Å². The molecule has 0 saturated heterocycles. The molecule has 0 aromatic carbocycles. The minimum Gasteiger partial charge on any atom is -0.365 e. The smallest absolute Gasteiger partial charge is 0.224 e. The van der Waals surface area contributed by atoms with Crippen molar-refractivity contribution < 1.29 is 0 Å². The fraction of sp³-hybridized carbons (Fsp3) is 0.733. The van der Waals surface area contributed by atoms with Gasteiger partial charge in [-0.3, -0.25) is 0 Å². The molecular weight excluding hydrogens is 272 g/mol. The number of halogens is 1. The zero-order valence-corrected chi connectivity index (χ0v) is 14.1. The third-order valence-corrected chi connectivity index (χ3v) is 3.63. The van der Waals surface area contributed by atoms with Crippen LogP contribution in [0.15, 0.2) is 6.07 Å². The maximum atomic E-state index is 5.89. The van der Waals surface area contributed by atoms with Crippen molar-refractivity contribution in [2.45, 2.75) is 53.0 Å². The molecule has 0 fully saturated rings.